The number of allylic oxidation sites excluding steroid dienone is 2. The van der Waals surface area contributed by atoms with Crippen LogP contribution in [0.15, 0.2) is 30.0 Å². The summed E-state index contributed by atoms with van der Waals surface area (Å²) in [6, 6.07) is 3.65. The number of unbranched alkanes of at least 4 members (excludes halogenated alkanes) is 1. The number of terminal acetylenes is 1. The Kier molecular flexibility index (Phi) is 9.96. The quantitative estimate of drug-likeness (QED) is 0.278. The van der Waals surface area contributed by atoms with Gasteiger partial charge in [-0.15, -0.1) is 12.3 Å². The maximum Gasteiger partial charge on any atom is 0.281 e. The van der Waals surface area contributed by atoms with Gasteiger partial charge in [0.25, 0.3) is 5.92 Å². The van der Waals surface area contributed by atoms with Gasteiger partial charge in [0.1, 0.15) is 5.75 Å². The van der Waals surface area contributed by atoms with Crippen molar-refractivity contribution in [2.75, 3.05) is 6.61 Å². The fourth-order valence-electron chi connectivity index (χ4n) is 4.03. The van der Waals surface area contributed by atoms with Crippen LogP contribution in [-0.4, -0.2) is 23.6 Å². The topological polar surface area (TPSA) is 34.1 Å². The Hall–Kier alpha value is -1.93. The SMILES string of the molecule is C#CC(CC1C=C(CCCC)CC1)C(C)NC(C)c1ccc(OCC(F)(F)CC)cn1. The highest BCUT2D eigenvalue weighted by atomic mass is 19.3. The van der Waals surface area contributed by atoms with Crippen LogP contribution in [0.1, 0.15) is 84.4 Å². The van der Waals surface area contributed by atoms with E-state index in [0.29, 0.717) is 11.7 Å². The molecule has 0 spiro atoms. The molecule has 0 aliphatic heterocycles. The fraction of sp³-hybridized carbons (Fsp3) is 0.654. The van der Waals surface area contributed by atoms with E-state index in [2.05, 4.69) is 36.1 Å². The molecule has 0 fully saturated rings. The van der Waals surface area contributed by atoms with Gasteiger partial charge in [-0.3, -0.25) is 4.98 Å². The van der Waals surface area contributed by atoms with Gasteiger partial charge in [0.05, 0.1) is 11.9 Å². The lowest BCUT2D eigenvalue weighted by molar-refractivity contribution is -0.0437. The molecule has 0 aromatic carbocycles. The van der Waals surface area contributed by atoms with Crippen LogP contribution in [0, 0.1) is 24.2 Å². The van der Waals surface area contributed by atoms with Crippen molar-refractivity contribution in [3.05, 3.63) is 35.7 Å². The number of ether oxygens (including phenoxy) is 1. The van der Waals surface area contributed by atoms with Crippen LogP contribution >= 0.6 is 0 Å². The molecule has 1 N–H and O–H groups in total. The van der Waals surface area contributed by atoms with E-state index in [-0.39, 0.29) is 24.4 Å². The Bertz CT molecular complexity index is 739. The van der Waals surface area contributed by atoms with Crippen molar-refractivity contribution >= 4 is 0 Å². The van der Waals surface area contributed by atoms with Crippen molar-refractivity contribution in [1.29, 1.82) is 0 Å². The Morgan fingerprint density at radius 2 is 2.10 bits per heavy atom. The third-order valence-electron chi connectivity index (χ3n) is 6.22. The van der Waals surface area contributed by atoms with Crippen molar-refractivity contribution in [3.63, 3.8) is 0 Å². The summed E-state index contributed by atoms with van der Waals surface area (Å²) in [5.41, 5.74) is 2.43. The van der Waals surface area contributed by atoms with Crippen LogP contribution in [-0.2, 0) is 0 Å². The lowest BCUT2D eigenvalue weighted by Crippen LogP contribution is -2.35. The zero-order chi connectivity index (χ0) is 22.9. The standard InChI is InChI=1S/C26H38F2N2O/c1-6-9-10-21-11-12-22(15-21)16-23(7-2)19(4)30-20(5)25-14-13-24(17-29-25)31-18-26(27,28)8-3/h2,13-15,17,19-20,22-23,30H,6,8-12,16,18H2,1,3-5H3. The molecule has 0 saturated heterocycles. The molecule has 1 aromatic rings. The van der Waals surface area contributed by atoms with Gasteiger partial charge in [0.15, 0.2) is 6.61 Å². The van der Waals surface area contributed by atoms with Gasteiger partial charge in [0, 0.05) is 24.4 Å². The first kappa shape index (κ1) is 25.3. The number of alkyl halides is 2. The molecule has 1 aliphatic rings. The Labute approximate surface area is 187 Å². The number of halogens is 2. The van der Waals surface area contributed by atoms with E-state index in [4.69, 9.17) is 11.2 Å². The molecule has 172 valence electrons. The summed E-state index contributed by atoms with van der Waals surface area (Å²) in [7, 11) is 0. The predicted octanol–water partition coefficient (Wildman–Crippen LogP) is 6.71. The normalized spacial score (nSPS) is 19.4. The second-order valence-corrected chi connectivity index (χ2v) is 8.83. The number of aromatic nitrogens is 1. The zero-order valence-corrected chi connectivity index (χ0v) is 19.5. The van der Waals surface area contributed by atoms with Crippen molar-refractivity contribution in [2.24, 2.45) is 11.8 Å². The van der Waals surface area contributed by atoms with Crippen LogP contribution < -0.4 is 10.1 Å². The van der Waals surface area contributed by atoms with Crippen molar-refractivity contribution in [1.82, 2.24) is 10.3 Å². The third kappa shape index (κ3) is 8.26. The molecule has 0 saturated carbocycles. The lowest BCUT2D eigenvalue weighted by Gasteiger charge is -2.26. The molecular formula is C26H38F2N2O. The van der Waals surface area contributed by atoms with Gasteiger partial charge < -0.3 is 10.1 Å². The molecule has 1 aliphatic carbocycles. The molecule has 1 aromatic heterocycles. The predicted molar refractivity (Wildman–Crippen MR) is 123 cm³/mol. The van der Waals surface area contributed by atoms with E-state index < -0.39 is 12.5 Å². The summed E-state index contributed by atoms with van der Waals surface area (Å²) in [5, 5.41) is 3.56. The minimum Gasteiger partial charge on any atom is -0.486 e. The van der Waals surface area contributed by atoms with Crippen LogP contribution in [0.25, 0.3) is 0 Å². The summed E-state index contributed by atoms with van der Waals surface area (Å²) in [6.45, 7) is 7.21. The van der Waals surface area contributed by atoms with E-state index in [1.165, 1.54) is 45.2 Å². The summed E-state index contributed by atoms with van der Waals surface area (Å²) in [6.07, 6.45) is 16.7. The number of nitrogens with one attached hydrogen (secondary N) is 1. The number of hydrogen-bond donors (Lipinski definition) is 1. The third-order valence-corrected chi connectivity index (χ3v) is 6.22. The van der Waals surface area contributed by atoms with Crippen LogP contribution in [0.5, 0.6) is 5.75 Å². The minimum atomic E-state index is -2.82. The fourth-order valence-corrected chi connectivity index (χ4v) is 4.03. The van der Waals surface area contributed by atoms with Gasteiger partial charge in [-0.1, -0.05) is 31.9 Å². The molecule has 0 bridgehead atoms. The molecule has 0 radical (unpaired) electrons. The van der Waals surface area contributed by atoms with E-state index in [0.717, 1.165) is 12.1 Å². The summed E-state index contributed by atoms with van der Waals surface area (Å²) >= 11 is 0. The smallest absolute Gasteiger partial charge is 0.281 e. The molecular weight excluding hydrogens is 394 g/mol. The zero-order valence-electron chi connectivity index (χ0n) is 19.5. The molecule has 5 heteroatoms. The lowest BCUT2D eigenvalue weighted by atomic mass is 9.89. The van der Waals surface area contributed by atoms with Gasteiger partial charge in [-0.25, -0.2) is 8.78 Å². The number of rotatable bonds is 13. The van der Waals surface area contributed by atoms with Gasteiger partial charge >= 0.3 is 0 Å². The number of pyridine rings is 1. The Balaban J connectivity index is 1.86. The van der Waals surface area contributed by atoms with Crippen LogP contribution in [0.3, 0.4) is 0 Å². The Morgan fingerprint density at radius 3 is 2.71 bits per heavy atom. The second kappa shape index (κ2) is 12.2. The van der Waals surface area contributed by atoms with Gasteiger partial charge in [-0.05, 0) is 64.0 Å². The van der Waals surface area contributed by atoms with Gasteiger partial charge in [0.2, 0.25) is 0 Å². The molecule has 4 atom stereocenters. The molecule has 0 amide bonds. The average molecular weight is 433 g/mol. The van der Waals surface area contributed by atoms with Crippen molar-refractivity contribution in [2.45, 2.75) is 90.6 Å². The van der Waals surface area contributed by atoms with Crippen LogP contribution in [0.2, 0.25) is 0 Å². The largest absolute Gasteiger partial charge is 0.486 e. The maximum atomic E-state index is 13.3. The first-order valence-corrected chi connectivity index (χ1v) is 11.7. The first-order chi connectivity index (χ1) is 14.8. The summed E-state index contributed by atoms with van der Waals surface area (Å²) < 4.78 is 31.9. The van der Waals surface area contributed by atoms with Crippen molar-refractivity contribution < 1.29 is 13.5 Å². The average Bonchev–Trinajstić information content (AvgIpc) is 3.22. The van der Waals surface area contributed by atoms with E-state index >= 15 is 0 Å². The maximum absolute atomic E-state index is 13.3. The minimum absolute atomic E-state index is 0.00350. The Morgan fingerprint density at radius 1 is 1.32 bits per heavy atom. The molecule has 2 rings (SSSR count). The molecule has 1 heterocycles. The molecule has 4 unspecified atom stereocenters. The van der Waals surface area contributed by atoms with Crippen molar-refractivity contribution in [3.8, 4) is 18.1 Å². The number of nitrogens with zero attached hydrogens (tertiary/aromatic N) is 1. The van der Waals surface area contributed by atoms with E-state index in [1.54, 1.807) is 11.6 Å². The van der Waals surface area contributed by atoms with E-state index in [9.17, 15) is 8.78 Å². The van der Waals surface area contributed by atoms with E-state index in [1.807, 2.05) is 13.0 Å². The molecule has 31 heavy (non-hydrogen) atoms. The summed E-state index contributed by atoms with van der Waals surface area (Å²) in [4.78, 5) is 4.39. The second-order valence-electron chi connectivity index (χ2n) is 8.83. The monoisotopic (exact) mass is 432 g/mol. The first-order valence-electron chi connectivity index (χ1n) is 11.7. The highest BCUT2D eigenvalue weighted by Gasteiger charge is 2.27. The highest BCUT2D eigenvalue weighted by Crippen LogP contribution is 2.32. The van der Waals surface area contributed by atoms with Gasteiger partial charge in [-0.2, -0.15) is 0 Å². The number of hydrogen-bond acceptors (Lipinski definition) is 3. The highest BCUT2D eigenvalue weighted by molar-refractivity contribution is 5.21. The van der Waals surface area contributed by atoms with Crippen LogP contribution in [0.4, 0.5) is 8.78 Å². The molecule has 3 nitrogen and oxygen atoms in total. The summed E-state index contributed by atoms with van der Waals surface area (Å²) in [5.74, 6) is 1.24.